The summed E-state index contributed by atoms with van der Waals surface area (Å²) in [6, 6.07) is 7.84. The third-order valence-corrected chi connectivity index (χ3v) is 4.20. The molecule has 0 bridgehead atoms. The van der Waals surface area contributed by atoms with Crippen LogP contribution in [0.1, 0.15) is 37.9 Å². The van der Waals surface area contributed by atoms with Crippen LogP contribution < -0.4 is 10.5 Å². The van der Waals surface area contributed by atoms with E-state index in [1.165, 1.54) is 12.0 Å². The van der Waals surface area contributed by atoms with Gasteiger partial charge in [-0.15, -0.1) is 0 Å². The summed E-state index contributed by atoms with van der Waals surface area (Å²) in [5, 5.41) is 4.74. The van der Waals surface area contributed by atoms with E-state index in [1.807, 2.05) is 28.9 Å². The fraction of sp³-hybridized carbons (Fsp3) is 0.438. The molecule has 0 radical (unpaired) electrons. The zero-order valence-electron chi connectivity index (χ0n) is 12.3. The Bertz CT molecular complexity index is 643. The molecule has 106 valence electrons. The van der Waals surface area contributed by atoms with Crippen molar-refractivity contribution < 1.29 is 4.74 Å². The summed E-state index contributed by atoms with van der Waals surface area (Å²) in [4.78, 5) is 0. The Morgan fingerprint density at radius 3 is 2.75 bits per heavy atom. The van der Waals surface area contributed by atoms with Crippen molar-refractivity contribution in [3.63, 3.8) is 0 Å². The topological polar surface area (TPSA) is 53.1 Å². The van der Waals surface area contributed by atoms with Gasteiger partial charge >= 0.3 is 0 Å². The van der Waals surface area contributed by atoms with Gasteiger partial charge in [0.2, 0.25) is 0 Å². The summed E-state index contributed by atoms with van der Waals surface area (Å²) in [5.41, 5.74) is 9.73. The molecule has 0 atom stereocenters. The molecule has 3 rings (SSSR count). The molecule has 1 aromatic heterocycles. The predicted molar refractivity (Wildman–Crippen MR) is 80.5 cm³/mol. The molecule has 0 aliphatic heterocycles. The molecule has 4 nitrogen and oxygen atoms in total. The van der Waals surface area contributed by atoms with Gasteiger partial charge in [0.1, 0.15) is 17.3 Å². The smallest absolute Gasteiger partial charge is 0.144 e. The lowest BCUT2D eigenvalue weighted by Crippen LogP contribution is -2.24. The number of nitrogen functional groups attached to an aromatic ring is 1. The molecule has 0 amide bonds. The normalized spacial score (nSPS) is 16.8. The van der Waals surface area contributed by atoms with Gasteiger partial charge in [0.05, 0.1) is 12.8 Å². The number of para-hydroxylation sites is 2. The summed E-state index contributed by atoms with van der Waals surface area (Å²) in [5.74, 6) is 1.53. The molecule has 0 spiro atoms. The van der Waals surface area contributed by atoms with Gasteiger partial charge in [0, 0.05) is 5.56 Å². The number of hydrogen-bond donors (Lipinski definition) is 1. The Morgan fingerprint density at radius 2 is 2.05 bits per heavy atom. The number of hydrogen-bond acceptors (Lipinski definition) is 3. The molecule has 0 unspecified atom stereocenters. The average molecular weight is 271 g/mol. The van der Waals surface area contributed by atoms with Gasteiger partial charge in [-0.3, -0.25) is 0 Å². The van der Waals surface area contributed by atoms with Crippen molar-refractivity contribution in [2.24, 2.45) is 0 Å². The molecule has 0 saturated carbocycles. The van der Waals surface area contributed by atoms with Crippen LogP contribution in [-0.2, 0) is 11.8 Å². The van der Waals surface area contributed by atoms with Crippen LogP contribution in [-0.4, -0.2) is 16.9 Å². The van der Waals surface area contributed by atoms with Crippen LogP contribution in [0.3, 0.4) is 0 Å². The molecule has 20 heavy (non-hydrogen) atoms. The number of nitrogens with two attached hydrogens (primary N) is 1. The molecule has 1 heterocycles. The van der Waals surface area contributed by atoms with Crippen molar-refractivity contribution in [1.82, 2.24) is 9.78 Å². The summed E-state index contributed by atoms with van der Waals surface area (Å²) in [6.07, 6.45) is 3.33. The van der Waals surface area contributed by atoms with Gasteiger partial charge in [-0.05, 0) is 36.8 Å². The van der Waals surface area contributed by atoms with Crippen molar-refractivity contribution in [2.75, 3.05) is 12.8 Å². The third-order valence-electron chi connectivity index (χ3n) is 4.20. The Labute approximate surface area is 119 Å². The average Bonchev–Trinajstić information content (AvgIpc) is 2.77. The maximum Gasteiger partial charge on any atom is 0.144 e. The van der Waals surface area contributed by atoms with Gasteiger partial charge < -0.3 is 10.5 Å². The highest BCUT2D eigenvalue weighted by Crippen LogP contribution is 2.41. The Morgan fingerprint density at radius 1 is 1.30 bits per heavy atom. The SMILES string of the molecule is COc1ccccc1-n1nc2c(c1N)C(C)(C)CCC2. The highest BCUT2D eigenvalue weighted by atomic mass is 16.5. The van der Waals surface area contributed by atoms with E-state index >= 15 is 0 Å². The number of aryl methyl sites for hydroxylation is 1. The molecule has 2 aromatic rings. The van der Waals surface area contributed by atoms with Crippen molar-refractivity contribution in [1.29, 1.82) is 0 Å². The molecule has 1 aliphatic carbocycles. The minimum Gasteiger partial charge on any atom is -0.494 e. The number of benzene rings is 1. The first-order chi connectivity index (χ1) is 9.54. The Balaban J connectivity index is 2.20. The third kappa shape index (κ3) is 1.87. The second-order valence-corrected chi connectivity index (χ2v) is 6.03. The Kier molecular flexibility index (Phi) is 2.96. The second-order valence-electron chi connectivity index (χ2n) is 6.03. The van der Waals surface area contributed by atoms with Crippen molar-refractivity contribution >= 4 is 5.82 Å². The fourth-order valence-corrected chi connectivity index (χ4v) is 3.20. The van der Waals surface area contributed by atoms with Crippen LogP contribution in [0.15, 0.2) is 24.3 Å². The summed E-state index contributed by atoms with van der Waals surface area (Å²) >= 11 is 0. The van der Waals surface area contributed by atoms with E-state index in [9.17, 15) is 0 Å². The Hall–Kier alpha value is -1.97. The molecular weight excluding hydrogens is 250 g/mol. The van der Waals surface area contributed by atoms with Crippen LogP contribution in [0.4, 0.5) is 5.82 Å². The summed E-state index contributed by atoms with van der Waals surface area (Å²) in [7, 11) is 1.67. The molecule has 0 saturated heterocycles. The van der Waals surface area contributed by atoms with Gasteiger partial charge in [0.25, 0.3) is 0 Å². The van der Waals surface area contributed by atoms with Crippen LogP contribution >= 0.6 is 0 Å². The number of fused-ring (bicyclic) bond motifs is 1. The standard InChI is InChI=1S/C16H21N3O/c1-16(2)10-6-7-11-14(16)15(17)19(18-11)12-8-4-5-9-13(12)20-3/h4-5,8-9H,6-7,10,17H2,1-3H3. The van der Waals surface area contributed by atoms with Crippen LogP contribution in [0, 0.1) is 0 Å². The summed E-state index contributed by atoms with van der Waals surface area (Å²) < 4.78 is 7.25. The quantitative estimate of drug-likeness (QED) is 0.913. The zero-order chi connectivity index (χ0) is 14.3. The largest absolute Gasteiger partial charge is 0.494 e. The van der Waals surface area contributed by atoms with Crippen molar-refractivity contribution in [2.45, 2.75) is 38.5 Å². The number of rotatable bonds is 2. The van der Waals surface area contributed by atoms with E-state index in [1.54, 1.807) is 7.11 Å². The van der Waals surface area contributed by atoms with E-state index in [2.05, 4.69) is 13.8 Å². The zero-order valence-corrected chi connectivity index (χ0v) is 12.3. The maximum absolute atomic E-state index is 6.40. The van der Waals surface area contributed by atoms with Crippen LogP contribution in [0.25, 0.3) is 5.69 Å². The molecule has 1 aromatic carbocycles. The first kappa shape index (κ1) is 13.0. The van der Waals surface area contributed by atoms with E-state index < -0.39 is 0 Å². The van der Waals surface area contributed by atoms with Crippen LogP contribution in [0.5, 0.6) is 5.75 Å². The second kappa shape index (κ2) is 4.54. The number of anilines is 1. The van der Waals surface area contributed by atoms with E-state index in [4.69, 9.17) is 15.6 Å². The monoisotopic (exact) mass is 271 g/mol. The molecule has 1 aliphatic rings. The van der Waals surface area contributed by atoms with Crippen LogP contribution in [0.2, 0.25) is 0 Å². The first-order valence-electron chi connectivity index (χ1n) is 7.06. The van der Waals surface area contributed by atoms with Gasteiger partial charge in [-0.1, -0.05) is 26.0 Å². The number of ether oxygens (including phenoxy) is 1. The van der Waals surface area contributed by atoms with E-state index in [-0.39, 0.29) is 5.41 Å². The lowest BCUT2D eigenvalue weighted by atomic mass is 9.75. The van der Waals surface area contributed by atoms with Gasteiger partial charge in [-0.25, -0.2) is 4.68 Å². The lowest BCUT2D eigenvalue weighted by Gasteiger charge is -2.29. The molecule has 4 heteroatoms. The maximum atomic E-state index is 6.40. The predicted octanol–water partition coefficient (Wildman–Crippen LogP) is 3.08. The number of methoxy groups -OCH3 is 1. The number of nitrogens with zero attached hydrogens (tertiary/aromatic N) is 2. The highest BCUT2D eigenvalue weighted by molar-refractivity contribution is 5.57. The minimum absolute atomic E-state index is 0.0952. The van der Waals surface area contributed by atoms with Gasteiger partial charge in [0.15, 0.2) is 0 Å². The number of aromatic nitrogens is 2. The van der Waals surface area contributed by atoms with Crippen molar-refractivity contribution in [3.05, 3.63) is 35.5 Å². The lowest BCUT2D eigenvalue weighted by molar-refractivity contribution is 0.412. The molecule has 0 fully saturated rings. The van der Waals surface area contributed by atoms with E-state index in [0.29, 0.717) is 0 Å². The molecular formula is C16H21N3O. The highest BCUT2D eigenvalue weighted by Gasteiger charge is 2.33. The minimum atomic E-state index is 0.0952. The van der Waals surface area contributed by atoms with E-state index in [0.717, 1.165) is 35.8 Å². The van der Waals surface area contributed by atoms with Crippen molar-refractivity contribution in [3.8, 4) is 11.4 Å². The summed E-state index contributed by atoms with van der Waals surface area (Å²) in [6.45, 7) is 4.49. The first-order valence-corrected chi connectivity index (χ1v) is 7.06. The molecule has 2 N–H and O–H groups in total. The fourth-order valence-electron chi connectivity index (χ4n) is 3.20. The van der Waals surface area contributed by atoms with Gasteiger partial charge in [-0.2, -0.15) is 5.10 Å².